The number of methoxy groups -OCH3 is 1. The van der Waals surface area contributed by atoms with Crippen molar-refractivity contribution in [3.8, 4) is 28.4 Å². The summed E-state index contributed by atoms with van der Waals surface area (Å²) in [6.07, 6.45) is 4.66. The summed E-state index contributed by atoms with van der Waals surface area (Å²) in [5, 5.41) is 2.91. The van der Waals surface area contributed by atoms with Gasteiger partial charge in [0.25, 0.3) is 0 Å². The Hall–Kier alpha value is -3.22. The minimum absolute atomic E-state index is 0.0917. The lowest BCUT2D eigenvalue weighted by molar-refractivity contribution is -0.119. The molecule has 1 unspecified atom stereocenters. The number of benzene rings is 2. The van der Waals surface area contributed by atoms with Crippen LogP contribution in [0.15, 0.2) is 36.7 Å². The van der Waals surface area contributed by atoms with Gasteiger partial charge < -0.3 is 24.1 Å². The molecule has 7 heteroatoms. The molecule has 1 N–H and O–H groups in total. The van der Waals surface area contributed by atoms with E-state index in [2.05, 4.69) is 22.0 Å². The number of ether oxygens (including phenoxy) is 3. The number of rotatable bonds is 8. The first-order valence-corrected chi connectivity index (χ1v) is 11.3. The van der Waals surface area contributed by atoms with Gasteiger partial charge in [-0.05, 0) is 62.1 Å². The number of hydrogen-bond donors (Lipinski definition) is 1. The van der Waals surface area contributed by atoms with Gasteiger partial charge in [-0.3, -0.25) is 4.79 Å². The van der Waals surface area contributed by atoms with E-state index in [1.54, 1.807) is 7.11 Å². The molecule has 7 nitrogen and oxygen atoms in total. The van der Waals surface area contributed by atoms with Crippen LogP contribution in [-0.2, 0) is 4.79 Å². The van der Waals surface area contributed by atoms with Crippen molar-refractivity contribution in [3.63, 3.8) is 0 Å². The number of amides is 1. The van der Waals surface area contributed by atoms with Gasteiger partial charge in [-0.1, -0.05) is 6.07 Å². The van der Waals surface area contributed by atoms with Crippen molar-refractivity contribution in [2.45, 2.75) is 45.3 Å². The third-order valence-corrected chi connectivity index (χ3v) is 6.36. The van der Waals surface area contributed by atoms with Crippen LogP contribution in [0.1, 0.15) is 39.2 Å². The van der Waals surface area contributed by atoms with Crippen LogP contribution in [0.3, 0.4) is 0 Å². The maximum absolute atomic E-state index is 11.7. The van der Waals surface area contributed by atoms with Gasteiger partial charge in [0.1, 0.15) is 17.4 Å². The molecule has 2 atom stereocenters. The predicted octanol–water partition coefficient (Wildman–Crippen LogP) is 4.35. The Morgan fingerprint density at radius 3 is 2.66 bits per heavy atom. The first kappa shape index (κ1) is 20.7. The number of nitrogens with one attached hydrogen (secondary N) is 1. The summed E-state index contributed by atoms with van der Waals surface area (Å²) in [5.41, 5.74) is 3.95. The van der Waals surface area contributed by atoms with Gasteiger partial charge in [0, 0.05) is 24.9 Å². The van der Waals surface area contributed by atoms with E-state index in [1.807, 2.05) is 38.4 Å². The molecule has 1 amide bonds. The van der Waals surface area contributed by atoms with E-state index < -0.39 is 0 Å². The average molecular weight is 436 g/mol. The lowest BCUT2D eigenvalue weighted by Gasteiger charge is -2.21. The second-order valence-electron chi connectivity index (χ2n) is 8.62. The molecule has 32 heavy (non-hydrogen) atoms. The van der Waals surface area contributed by atoms with E-state index in [0.29, 0.717) is 37.1 Å². The highest BCUT2D eigenvalue weighted by Gasteiger charge is 2.30. The smallest absolute Gasteiger partial charge is 0.220 e. The summed E-state index contributed by atoms with van der Waals surface area (Å²) in [5.74, 6) is 2.47. The van der Waals surface area contributed by atoms with Crippen LogP contribution in [0.2, 0.25) is 0 Å². The van der Waals surface area contributed by atoms with Gasteiger partial charge in [0.05, 0.1) is 25.6 Å². The van der Waals surface area contributed by atoms with Crippen LogP contribution in [0, 0.1) is 5.92 Å². The van der Waals surface area contributed by atoms with Gasteiger partial charge >= 0.3 is 0 Å². The Labute approximate surface area is 187 Å². The SMILES string of the molecule is CCOc1cc(-c2cc(O[C@H](C)C3CNC(=O)C3)c3c(c2)ncn3C2CC2)ccc1OC. The summed E-state index contributed by atoms with van der Waals surface area (Å²) in [6.45, 7) is 5.21. The van der Waals surface area contributed by atoms with Gasteiger partial charge in [0.2, 0.25) is 5.91 Å². The largest absolute Gasteiger partial charge is 0.493 e. The first-order valence-electron chi connectivity index (χ1n) is 11.3. The summed E-state index contributed by atoms with van der Waals surface area (Å²) < 4.78 is 20.0. The Kier molecular flexibility index (Phi) is 5.41. The summed E-state index contributed by atoms with van der Waals surface area (Å²) in [4.78, 5) is 16.4. The van der Waals surface area contributed by atoms with Gasteiger partial charge in [-0.2, -0.15) is 0 Å². The molecule has 0 radical (unpaired) electrons. The zero-order valence-electron chi connectivity index (χ0n) is 18.8. The molecular weight excluding hydrogens is 406 g/mol. The van der Waals surface area contributed by atoms with Crippen LogP contribution in [0.5, 0.6) is 17.2 Å². The zero-order valence-corrected chi connectivity index (χ0v) is 18.8. The molecule has 2 aromatic carbocycles. The fraction of sp³-hybridized carbons (Fsp3) is 0.440. The molecule has 5 rings (SSSR count). The molecular formula is C25H29N3O4. The third kappa shape index (κ3) is 3.87. The van der Waals surface area contributed by atoms with E-state index >= 15 is 0 Å². The molecule has 0 spiro atoms. The first-order chi connectivity index (χ1) is 15.6. The Morgan fingerprint density at radius 1 is 1.16 bits per heavy atom. The third-order valence-electron chi connectivity index (χ3n) is 6.36. The number of imidazole rings is 1. The summed E-state index contributed by atoms with van der Waals surface area (Å²) >= 11 is 0. The molecule has 1 aliphatic carbocycles. The van der Waals surface area contributed by atoms with E-state index in [0.717, 1.165) is 27.9 Å². The van der Waals surface area contributed by atoms with E-state index in [1.165, 1.54) is 12.8 Å². The maximum Gasteiger partial charge on any atom is 0.220 e. The lowest BCUT2D eigenvalue weighted by atomic mass is 10.0. The van der Waals surface area contributed by atoms with Crippen molar-refractivity contribution >= 4 is 16.9 Å². The van der Waals surface area contributed by atoms with Crippen LogP contribution < -0.4 is 19.5 Å². The Balaban J connectivity index is 1.56. The number of nitrogens with zero attached hydrogens (tertiary/aromatic N) is 2. The van der Waals surface area contributed by atoms with Gasteiger partial charge in [0.15, 0.2) is 11.5 Å². The molecule has 2 aliphatic rings. The molecule has 1 aromatic heterocycles. The monoisotopic (exact) mass is 435 g/mol. The van der Waals surface area contributed by atoms with Crippen molar-refractivity contribution in [3.05, 3.63) is 36.7 Å². The molecule has 0 bridgehead atoms. The van der Waals surface area contributed by atoms with E-state index in [9.17, 15) is 4.79 Å². The molecule has 1 aliphatic heterocycles. The van der Waals surface area contributed by atoms with Gasteiger partial charge in [-0.15, -0.1) is 0 Å². The van der Waals surface area contributed by atoms with E-state index in [4.69, 9.17) is 19.2 Å². The van der Waals surface area contributed by atoms with Crippen LogP contribution in [-0.4, -0.2) is 41.8 Å². The quantitative estimate of drug-likeness (QED) is 0.569. The number of carbonyl (C=O) groups excluding carboxylic acids is 1. The number of carbonyl (C=O) groups is 1. The summed E-state index contributed by atoms with van der Waals surface area (Å²) in [6, 6.07) is 10.6. The van der Waals surface area contributed by atoms with Crippen LogP contribution in [0.25, 0.3) is 22.2 Å². The second kappa shape index (κ2) is 8.37. The standard InChI is InChI=1S/C25H29N3O4/c1-4-31-22-10-16(5-8-21(22)30-3)17-9-20-25(28(14-27-20)19-6-7-19)23(11-17)32-15(2)18-12-24(29)26-13-18/h5,8-11,14-15,18-19H,4,6-7,12-13H2,1-3H3,(H,26,29)/t15-,18?/m1/s1. The lowest BCUT2D eigenvalue weighted by Crippen LogP contribution is -2.25. The molecule has 2 fully saturated rings. The number of fused-ring (bicyclic) bond motifs is 1. The Morgan fingerprint density at radius 2 is 1.97 bits per heavy atom. The van der Waals surface area contributed by atoms with E-state index in [-0.39, 0.29) is 17.9 Å². The fourth-order valence-electron chi connectivity index (χ4n) is 4.40. The van der Waals surface area contributed by atoms with Crippen LogP contribution in [0.4, 0.5) is 0 Å². The maximum atomic E-state index is 11.7. The van der Waals surface area contributed by atoms with Crippen molar-refractivity contribution in [1.82, 2.24) is 14.9 Å². The minimum atomic E-state index is -0.0928. The predicted molar refractivity (Wildman–Crippen MR) is 122 cm³/mol. The zero-order chi connectivity index (χ0) is 22.2. The highest BCUT2D eigenvalue weighted by atomic mass is 16.5. The molecule has 1 saturated carbocycles. The highest BCUT2D eigenvalue weighted by molar-refractivity contribution is 5.88. The molecule has 2 heterocycles. The number of hydrogen-bond acceptors (Lipinski definition) is 5. The molecule has 3 aromatic rings. The average Bonchev–Trinajstić information content (AvgIpc) is 3.39. The van der Waals surface area contributed by atoms with Gasteiger partial charge in [-0.25, -0.2) is 4.98 Å². The van der Waals surface area contributed by atoms with Crippen molar-refractivity contribution in [1.29, 1.82) is 0 Å². The van der Waals surface area contributed by atoms with Crippen molar-refractivity contribution in [2.24, 2.45) is 5.92 Å². The highest BCUT2D eigenvalue weighted by Crippen LogP contribution is 2.42. The normalized spacial score (nSPS) is 19.1. The second-order valence-corrected chi connectivity index (χ2v) is 8.62. The molecule has 1 saturated heterocycles. The summed E-state index contributed by atoms with van der Waals surface area (Å²) in [7, 11) is 1.64. The molecule has 168 valence electrons. The fourth-order valence-corrected chi connectivity index (χ4v) is 4.40. The van der Waals surface area contributed by atoms with Crippen molar-refractivity contribution < 1.29 is 19.0 Å². The number of aromatic nitrogens is 2. The Bertz CT molecular complexity index is 1150. The minimum Gasteiger partial charge on any atom is -0.493 e. The van der Waals surface area contributed by atoms with Crippen LogP contribution >= 0.6 is 0 Å². The topological polar surface area (TPSA) is 74.6 Å². The van der Waals surface area contributed by atoms with Crippen molar-refractivity contribution in [2.75, 3.05) is 20.3 Å².